The maximum absolute atomic E-state index is 13.3. The van der Waals surface area contributed by atoms with Crippen molar-refractivity contribution in [3.8, 4) is 5.69 Å². The van der Waals surface area contributed by atoms with E-state index in [2.05, 4.69) is 13.8 Å². The Morgan fingerprint density at radius 1 is 1.06 bits per heavy atom. The van der Waals surface area contributed by atoms with Crippen molar-refractivity contribution < 1.29 is 9.72 Å². The summed E-state index contributed by atoms with van der Waals surface area (Å²) in [5.41, 5.74) is 6.45. The third-order valence-electron chi connectivity index (χ3n) is 5.60. The van der Waals surface area contributed by atoms with E-state index >= 15 is 0 Å². The maximum atomic E-state index is 13.3. The van der Waals surface area contributed by atoms with Gasteiger partial charge in [-0.2, -0.15) is 0 Å². The molecule has 0 bridgehead atoms. The van der Waals surface area contributed by atoms with Gasteiger partial charge in [0.1, 0.15) is 0 Å². The fourth-order valence-electron chi connectivity index (χ4n) is 4.20. The average Bonchev–Trinajstić information content (AvgIpc) is 3.16. The average molecular weight is 415 g/mol. The number of rotatable bonds is 5. The molecule has 0 spiro atoms. The minimum Gasteiger partial charge on any atom is -0.318 e. The number of amides is 1. The van der Waals surface area contributed by atoms with E-state index in [1.54, 1.807) is 12.1 Å². The summed E-state index contributed by atoms with van der Waals surface area (Å²) in [6, 6.07) is 16.5. The van der Waals surface area contributed by atoms with Crippen molar-refractivity contribution in [2.24, 2.45) is 5.92 Å². The quantitative estimate of drug-likeness (QED) is 0.312. The van der Waals surface area contributed by atoms with Gasteiger partial charge in [0.15, 0.2) is 0 Å². The van der Waals surface area contributed by atoms with Gasteiger partial charge in [-0.15, -0.1) is 0 Å². The highest BCUT2D eigenvalue weighted by molar-refractivity contribution is 6.35. The number of hydrogen-bond acceptors (Lipinski definition) is 3. The number of anilines is 1. The molecule has 0 saturated carbocycles. The lowest BCUT2D eigenvalue weighted by molar-refractivity contribution is -0.384. The first kappa shape index (κ1) is 20.6. The zero-order chi connectivity index (χ0) is 22.3. The van der Waals surface area contributed by atoms with Crippen LogP contribution in [0, 0.1) is 29.9 Å². The van der Waals surface area contributed by atoms with Gasteiger partial charge in [-0.05, 0) is 55.7 Å². The van der Waals surface area contributed by atoms with Crippen LogP contribution in [-0.2, 0) is 4.79 Å². The predicted molar refractivity (Wildman–Crippen MR) is 123 cm³/mol. The Bertz CT molecular complexity index is 1200. The first-order valence-corrected chi connectivity index (χ1v) is 10.3. The number of nitrogens with zero attached hydrogens (tertiary/aromatic N) is 3. The van der Waals surface area contributed by atoms with E-state index in [1.165, 1.54) is 12.1 Å². The Morgan fingerprint density at radius 3 is 2.39 bits per heavy atom. The topological polar surface area (TPSA) is 68.4 Å². The Labute approximate surface area is 181 Å². The number of aromatic nitrogens is 1. The van der Waals surface area contributed by atoms with Crippen molar-refractivity contribution in [3.63, 3.8) is 0 Å². The van der Waals surface area contributed by atoms with Crippen LogP contribution in [0.25, 0.3) is 17.3 Å². The molecule has 0 radical (unpaired) electrons. The largest absolute Gasteiger partial charge is 0.318 e. The standard InChI is InChI=1S/C25H25N3O3/c1-16(2)15-26-24-8-6-5-7-22(24)23(25(26)29)14-19-13-17(3)27(18(19)4)20-9-11-21(12-10-20)28(30)31/h5-14,16H,15H2,1-4H3/b23-14-. The van der Waals surface area contributed by atoms with Crippen LogP contribution in [0.15, 0.2) is 54.6 Å². The van der Waals surface area contributed by atoms with Crippen molar-refractivity contribution >= 4 is 28.9 Å². The number of fused-ring (bicyclic) bond motifs is 1. The molecular formula is C25H25N3O3. The zero-order valence-electron chi connectivity index (χ0n) is 18.1. The van der Waals surface area contributed by atoms with E-state index < -0.39 is 4.92 Å². The van der Waals surface area contributed by atoms with Gasteiger partial charge in [-0.3, -0.25) is 14.9 Å². The van der Waals surface area contributed by atoms with Gasteiger partial charge in [0.25, 0.3) is 11.6 Å². The molecule has 1 aliphatic rings. The number of aryl methyl sites for hydroxylation is 1. The minimum atomic E-state index is -0.402. The van der Waals surface area contributed by atoms with Crippen LogP contribution < -0.4 is 4.90 Å². The van der Waals surface area contributed by atoms with Crippen molar-refractivity contribution in [1.82, 2.24) is 4.57 Å². The molecule has 3 aromatic rings. The van der Waals surface area contributed by atoms with E-state index in [1.807, 2.05) is 59.7 Å². The van der Waals surface area contributed by atoms with Crippen LogP contribution in [0.3, 0.4) is 0 Å². The number of non-ortho nitro benzene ring substituents is 1. The molecule has 2 heterocycles. The van der Waals surface area contributed by atoms with Crippen LogP contribution in [0.1, 0.15) is 36.4 Å². The lowest BCUT2D eigenvalue weighted by atomic mass is 10.0. The molecule has 158 valence electrons. The molecule has 0 N–H and O–H groups in total. The molecule has 0 saturated heterocycles. The van der Waals surface area contributed by atoms with Gasteiger partial charge in [0.05, 0.1) is 10.6 Å². The molecule has 31 heavy (non-hydrogen) atoms. The molecule has 2 aromatic carbocycles. The molecule has 1 aliphatic heterocycles. The Balaban J connectivity index is 1.77. The van der Waals surface area contributed by atoms with E-state index in [9.17, 15) is 14.9 Å². The van der Waals surface area contributed by atoms with Crippen LogP contribution in [0.5, 0.6) is 0 Å². The Hall–Kier alpha value is -3.67. The number of para-hydroxylation sites is 1. The van der Waals surface area contributed by atoms with Gasteiger partial charge in [-0.1, -0.05) is 32.0 Å². The first-order valence-electron chi connectivity index (χ1n) is 10.3. The van der Waals surface area contributed by atoms with E-state index in [4.69, 9.17) is 0 Å². The molecule has 0 unspecified atom stereocenters. The summed E-state index contributed by atoms with van der Waals surface area (Å²) < 4.78 is 2.05. The lowest BCUT2D eigenvalue weighted by Gasteiger charge is -2.19. The molecule has 1 amide bonds. The number of nitro groups is 1. The molecule has 0 aliphatic carbocycles. The molecule has 4 rings (SSSR count). The zero-order valence-corrected chi connectivity index (χ0v) is 18.1. The molecule has 6 nitrogen and oxygen atoms in total. The summed E-state index contributed by atoms with van der Waals surface area (Å²) >= 11 is 0. The minimum absolute atomic E-state index is 0.0232. The number of carbonyl (C=O) groups excluding carboxylic acids is 1. The van der Waals surface area contributed by atoms with E-state index in [0.717, 1.165) is 33.9 Å². The fourth-order valence-corrected chi connectivity index (χ4v) is 4.20. The highest BCUT2D eigenvalue weighted by Crippen LogP contribution is 2.38. The molecule has 0 atom stereocenters. The monoisotopic (exact) mass is 415 g/mol. The summed E-state index contributed by atoms with van der Waals surface area (Å²) in [6.07, 6.45) is 1.96. The summed E-state index contributed by atoms with van der Waals surface area (Å²) in [7, 11) is 0. The van der Waals surface area contributed by atoms with Crippen LogP contribution >= 0.6 is 0 Å². The second-order valence-corrected chi connectivity index (χ2v) is 8.32. The highest BCUT2D eigenvalue weighted by Gasteiger charge is 2.32. The third-order valence-corrected chi connectivity index (χ3v) is 5.60. The highest BCUT2D eigenvalue weighted by atomic mass is 16.6. The van der Waals surface area contributed by atoms with Crippen molar-refractivity contribution in [2.45, 2.75) is 27.7 Å². The van der Waals surface area contributed by atoms with E-state index in [0.29, 0.717) is 18.0 Å². The number of nitro benzene ring substituents is 1. The summed E-state index contributed by atoms with van der Waals surface area (Å²) in [5, 5.41) is 11.0. The van der Waals surface area contributed by atoms with Gasteiger partial charge in [-0.25, -0.2) is 0 Å². The first-order chi connectivity index (χ1) is 14.8. The predicted octanol–water partition coefficient (Wildman–Crippen LogP) is 5.55. The number of hydrogen-bond donors (Lipinski definition) is 0. The maximum Gasteiger partial charge on any atom is 0.269 e. The van der Waals surface area contributed by atoms with Crippen molar-refractivity contribution in [2.75, 3.05) is 11.4 Å². The van der Waals surface area contributed by atoms with Crippen LogP contribution in [0.2, 0.25) is 0 Å². The second-order valence-electron chi connectivity index (χ2n) is 8.32. The smallest absolute Gasteiger partial charge is 0.269 e. The van der Waals surface area contributed by atoms with Crippen molar-refractivity contribution in [3.05, 3.63) is 87.2 Å². The van der Waals surface area contributed by atoms with Gasteiger partial charge in [0, 0.05) is 46.9 Å². The Kier molecular flexibility index (Phi) is 5.23. The molecule has 6 heteroatoms. The van der Waals surface area contributed by atoms with Gasteiger partial charge < -0.3 is 9.47 Å². The molecule has 0 fully saturated rings. The van der Waals surface area contributed by atoms with Crippen molar-refractivity contribution in [1.29, 1.82) is 0 Å². The number of benzene rings is 2. The SMILES string of the molecule is Cc1cc(/C=C2\C(=O)N(CC(C)C)c3ccccc32)c(C)n1-c1ccc([N+](=O)[O-])cc1. The summed E-state index contributed by atoms with van der Waals surface area (Å²) in [4.78, 5) is 25.7. The van der Waals surface area contributed by atoms with Crippen LogP contribution in [0.4, 0.5) is 11.4 Å². The van der Waals surface area contributed by atoms with Crippen LogP contribution in [-0.4, -0.2) is 21.9 Å². The van der Waals surface area contributed by atoms with Gasteiger partial charge in [0.2, 0.25) is 0 Å². The molecular weight excluding hydrogens is 390 g/mol. The fraction of sp³-hybridized carbons (Fsp3) is 0.240. The number of carbonyl (C=O) groups is 1. The lowest BCUT2D eigenvalue weighted by Crippen LogP contribution is -2.30. The third kappa shape index (κ3) is 3.65. The Morgan fingerprint density at radius 2 is 1.74 bits per heavy atom. The second kappa shape index (κ2) is 7.87. The van der Waals surface area contributed by atoms with E-state index in [-0.39, 0.29) is 11.6 Å². The van der Waals surface area contributed by atoms with Gasteiger partial charge >= 0.3 is 0 Å². The summed E-state index contributed by atoms with van der Waals surface area (Å²) in [5.74, 6) is 0.388. The summed E-state index contributed by atoms with van der Waals surface area (Å²) in [6.45, 7) is 8.88. The normalized spacial score (nSPS) is 14.5. The molecule has 1 aromatic heterocycles.